The molecule has 1 heterocycles. The third kappa shape index (κ3) is 4.73. The summed E-state index contributed by atoms with van der Waals surface area (Å²) in [6.07, 6.45) is 2.26. The highest BCUT2D eigenvalue weighted by Gasteiger charge is 2.02. The molecule has 1 aromatic heterocycles. The highest BCUT2D eigenvalue weighted by molar-refractivity contribution is 7.80. The molecular formula is C9H16N4OS. The largest absolute Gasteiger partial charge is 0.363 e. The Kier molecular flexibility index (Phi) is 5.03. The zero-order chi connectivity index (χ0) is 11.1. The van der Waals surface area contributed by atoms with E-state index in [9.17, 15) is 0 Å². The van der Waals surface area contributed by atoms with Gasteiger partial charge in [-0.05, 0) is 25.6 Å². The number of hydrogen-bond acceptors (Lipinski definition) is 4. The van der Waals surface area contributed by atoms with E-state index < -0.39 is 0 Å². The maximum atomic E-state index is 5.06. The minimum Gasteiger partial charge on any atom is -0.363 e. The molecule has 0 fully saturated rings. The van der Waals surface area contributed by atoms with Crippen LogP contribution < -0.4 is 10.6 Å². The minimum absolute atomic E-state index is 0.471. The predicted molar refractivity (Wildman–Crippen MR) is 61.4 cm³/mol. The van der Waals surface area contributed by atoms with Gasteiger partial charge in [-0.2, -0.15) is 4.98 Å². The molecule has 0 saturated carbocycles. The van der Waals surface area contributed by atoms with E-state index in [0.717, 1.165) is 19.4 Å². The SMILES string of the molecule is CCCCNC(=S)NCc1nc(C)no1. The summed E-state index contributed by atoms with van der Waals surface area (Å²) >= 11 is 5.06. The third-order valence-electron chi connectivity index (χ3n) is 1.79. The van der Waals surface area contributed by atoms with Gasteiger partial charge in [0.15, 0.2) is 10.9 Å². The number of nitrogens with zero attached hydrogens (tertiary/aromatic N) is 2. The highest BCUT2D eigenvalue weighted by atomic mass is 32.1. The molecule has 0 saturated heterocycles. The van der Waals surface area contributed by atoms with Crippen LogP contribution in [0.15, 0.2) is 4.52 Å². The van der Waals surface area contributed by atoms with Crippen molar-refractivity contribution in [1.29, 1.82) is 0 Å². The van der Waals surface area contributed by atoms with Gasteiger partial charge >= 0.3 is 0 Å². The van der Waals surface area contributed by atoms with Gasteiger partial charge in [-0.25, -0.2) is 0 Å². The van der Waals surface area contributed by atoms with E-state index in [-0.39, 0.29) is 0 Å². The average Bonchev–Trinajstić information content (AvgIpc) is 2.62. The summed E-state index contributed by atoms with van der Waals surface area (Å²) in [5, 5.41) is 10.4. The summed E-state index contributed by atoms with van der Waals surface area (Å²) in [5.41, 5.74) is 0. The fraction of sp³-hybridized carbons (Fsp3) is 0.667. The minimum atomic E-state index is 0.471. The Morgan fingerprint density at radius 3 is 2.87 bits per heavy atom. The Hall–Kier alpha value is -1.17. The molecule has 15 heavy (non-hydrogen) atoms. The Bertz CT molecular complexity index is 313. The molecule has 0 aliphatic rings. The summed E-state index contributed by atoms with van der Waals surface area (Å²) in [4.78, 5) is 4.05. The standard InChI is InChI=1S/C9H16N4OS/c1-3-4-5-10-9(15)11-6-8-12-7(2)13-14-8/h3-6H2,1-2H3,(H2,10,11,15). The Balaban J connectivity index is 2.16. The van der Waals surface area contributed by atoms with Gasteiger partial charge in [-0.1, -0.05) is 18.5 Å². The first-order chi connectivity index (χ1) is 7.22. The summed E-state index contributed by atoms with van der Waals surface area (Å²) < 4.78 is 4.93. The molecule has 0 amide bonds. The van der Waals surface area contributed by atoms with Crippen molar-refractivity contribution in [2.24, 2.45) is 0 Å². The summed E-state index contributed by atoms with van der Waals surface area (Å²) in [5.74, 6) is 1.18. The van der Waals surface area contributed by atoms with E-state index >= 15 is 0 Å². The van der Waals surface area contributed by atoms with E-state index in [1.54, 1.807) is 6.92 Å². The maximum Gasteiger partial charge on any atom is 0.246 e. The van der Waals surface area contributed by atoms with Crippen molar-refractivity contribution < 1.29 is 4.52 Å². The topological polar surface area (TPSA) is 63.0 Å². The van der Waals surface area contributed by atoms with Crippen LogP contribution in [0.2, 0.25) is 0 Å². The molecule has 2 N–H and O–H groups in total. The Labute approximate surface area is 94.6 Å². The van der Waals surface area contributed by atoms with Crippen LogP contribution in [-0.2, 0) is 6.54 Å². The third-order valence-corrected chi connectivity index (χ3v) is 2.07. The molecule has 1 aromatic rings. The average molecular weight is 228 g/mol. The summed E-state index contributed by atoms with van der Waals surface area (Å²) in [6.45, 7) is 5.29. The van der Waals surface area contributed by atoms with Crippen LogP contribution in [0.25, 0.3) is 0 Å². The molecule has 0 unspecified atom stereocenters. The van der Waals surface area contributed by atoms with Gasteiger partial charge in [0, 0.05) is 6.54 Å². The first kappa shape index (κ1) is 11.9. The molecule has 0 spiro atoms. The van der Waals surface area contributed by atoms with E-state index in [0.29, 0.717) is 23.4 Å². The zero-order valence-electron chi connectivity index (χ0n) is 9.04. The van der Waals surface area contributed by atoms with Crippen molar-refractivity contribution in [3.63, 3.8) is 0 Å². The van der Waals surface area contributed by atoms with E-state index in [1.165, 1.54) is 0 Å². The second-order valence-corrected chi connectivity index (χ2v) is 3.61. The fourth-order valence-corrected chi connectivity index (χ4v) is 1.18. The lowest BCUT2D eigenvalue weighted by atomic mass is 10.3. The first-order valence-electron chi connectivity index (χ1n) is 5.03. The molecule has 1 rings (SSSR count). The number of unbranched alkanes of at least 4 members (excludes halogenated alkanes) is 1. The number of aromatic nitrogens is 2. The monoisotopic (exact) mass is 228 g/mol. The highest BCUT2D eigenvalue weighted by Crippen LogP contribution is 1.94. The predicted octanol–water partition coefficient (Wildman–Crippen LogP) is 1.14. The molecule has 0 bridgehead atoms. The van der Waals surface area contributed by atoms with E-state index in [2.05, 4.69) is 27.7 Å². The zero-order valence-corrected chi connectivity index (χ0v) is 9.86. The molecule has 84 valence electrons. The Morgan fingerprint density at radius 1 is 1.47 bits per heavy atom. The molecular weight excluding hydrogens is 212 g/mol. The lowest BCUT2D eigenvalue weighted by Crippen LogP contribution is -2.35. The van der Waals surface area contributed by atoms with Crippen LogP contribution in [-0.4, -0.2) is 21.8 Å². The summed E-state index contributed by atoms with van der Waals surface area (Å²) in [7, 11) is 0. The molecule has 5 nitrogen and oxygen atoms in total. The van der Waals surface area contributed by atoms with Crippen molar-refractivity contribution in [2.45, 2.75) is 33.2 Å². The number of thiocarbonyl (C=S) groups is 1. The van der Waals surface area contributed by atoms with Gasteiger partial charge in [-0.3, -0.25) is 0 Å². The number of rotatable bonds is 5. The lowest BCUT2D eigenvalue weighted by Gasteiger charge is -2.07. The van der Waals surface area contributed by atoms with Gasteiger partial charge in [-0.15, -0.1) is 0 Å². The van der Waals surface area contributed by atoms with Crippen molar-refractivity contribution in [1.82, 2.24) is 20.8 Å². The second kappa shape index (κ2) is 6.34. The lowest BCUT2D eigenvalue weighted by molar-refractivity contribution is 0.371. The summed E-state index contributed by atoms with van der Waals surface area (Å²) in [6, 6.07) is 0. The molecule has 0 aliphatic carbocycles. The maximum absolute atomic E-state index is 5.06. The first-order valence-corrected chi connectivity index (χ1v) is 5.44. The normalized spacial score (nSPS) is 10.0. The quantitative estimate of drug-likeness (QED) is 0.582. The molecule has 0 atom stereocenters. The molecule has 0 aromatic carbocycles. The van der Waals surface area contributed by atoms with Gasteiger partial charge in [0.25, 0.3) is 0 Å². The van der Waals surface area contributed by atoms with E-state index in [4.69, 9.17) is 16.7 Å². The Morgan fingerprint density at radius 2 is 2.27 bits per heavy atom. The fourth-order valence-electron chi connectivity index (χ4n) is 1.01. The van der Waals surface area contributed by atoms with Gasteiger partial charge in [0.2, 0.25) is 5.89 Å². The van der Waals surface area contributed by atoms with Crippen LogP contribution in [0.1, 0.15) is 31.5 Å². The van der Waals surface area contributed by atoms with Crippen LogP contribution in [0.5, 0.6) is 0 Å². The second-order valence-electron chi connectivity index (χ2n) is 3.20. The van der Waals surface area contributed by atoms with Gasteiger partial charge < -0.3 is 15.2 Å². The van der Waals surface area contributed by atoms with Crippen molar-refractivity contribution in [3.8, 4) is 0 Å². The van der Waals surface area contributed by atoms with Crippen LogP contribution in [0.4, 0.5) is 0 Å². The van der Waals surface area contributed by atoms with Crippen LogP contribution >= 0.6 is 12.2 Å². The molecule has 0 aliphatic heterocycles. The van der Waals surface area contributed by atoms with Crippen molar-refractivity contribution in [2.75, 3.05) is 6.54 Å². The van der Waals surface area contributed by atoms with E-state index in [1.807, 2.05) is 0 Å². The van der Waals surface area contributed by atoms with Gasteiger partial charge in [0.05, 0.1) is 6.54 Å². The number of nitrogens with one attached hydrogen (secondary N) is 2. The van der Waals surface area contributed by atoms with Crippen molar-refractivity contribution in [3.05, 3.63) is 11.7 Å². The van der Waals surface area contributed by atoms with Crippen LogP contribution in [0, 0.1) is 6.92 Å². The molecule has 6 heteroatoms. The number of aryl methyl sites for hydroxylation is 1. The van der Waals surface area contributed by atoms with Gasteiger partial charge in [0.1, 0.15) is 0 Å². The smallest absolute Gasteiger partial charge is 0.246 e. The number of hydrogen-bond donors (Lipinski definition) is 2. The van der Waals surface area contributed by atoms with Crippen molar-refractivity contribution >= 4 is 17.3 Å². The molecule has 0 radical (unpaired) electrons. The van der Waals surface area contributed by atoms with Crippen LogP contribution in [0.3, 0.4) is 0 Å².